The third-order valence-corrected chi connectivity index (χ3v) is 5.12. The second kappa shape index (κ2) is 6.35. The van der Waals surface area contributed by atoms with Crippen LogP contribution in [-0.4, -0.2) is 39.7 Å². The van der Waals surface area contributed by atoms with Crippen LogP contribution in [0.4, 0.5) is 11.5 Å². The van der Waals surface area contributed by atoms with Crippen molar-refractivity contribution in [2.45, 2.75) is 31.7 Å². The summed E-state index contributed by atoms with van der Waals surface area (Å²) in [6, 6.07) is 11.0. The Balaban J connectivity index is 1.74. The molecule has 1 saturated heterocycles. The number of aryl methyl sites for hydroxylation is 1. The summed E-state index contributed by atoms with van der Waals surface area (Å²) in [5.41, 5.74) is 1.99. The summed E-state index contributed by atoms with van der Waals surface area (Å²) in [6.45, 7) is 1.67. The molecular weight excluding hydrogens is 316 g/mol. The van der Waals surface area contributed by atoms with Gasteiger partial charge in [-0.05, 0) is 37.0 Å². The van der Waals surface area contributed by atoms with Crippen molar-refractivity contribution in [2.75, 3.05) is 18.0 Å². The molecule has 1 fully saturated rings. The van der Waals surface area contributed by atoms with Crippen LogP contribution in [0.2, 0.25) is 0 Å². The minimum absolute atomic E-state index is 0.157. The number of aromatic nitrogens is 2. The Bertz CT molecular complexity index is 854. The maximum absolute atomic E-state index is 13.2. The zero-order chi connectivity index (χ0) is 17.4. The number of amides is 1. The van der Waals surface area contributed by atoms with E-state index in [1.54, 1.807) is 13.1 Å². The lowest BCUT2D eigenvalue weighted by Gasteiger charge is -2.33. The van der Waals surface area contributed by atoms with E-state index in [9.17, 15) is 9.59 Å². The van der Waals surface area contributed by atoms with E-state index in [1.165, 1.54) is 17.2 Å². The molecule has 0 bridgehead atoms. The van der Waals surface area contributed by atoms with E-state index in [1.807, 2.05) is 28.0 Å². The largest absolute Gasteiger partial charge is 0.341 e. The van der Waals surface area contributed by atoms with Gasteiger partial charge in [0.2, 0.25) is 5.91 Å². The summed E-state index contributed by atoms with van der Waals surface area (Å²) >= 11 is 0. The van der Waals surface area contributed by atoms with E-state index in [-0.39, 0.29) is 17.5 Å². The van der Waals surface area contributed by atoms with Gasteiger partial charge in [0.05, 0.1) is 0 Å². The maximum Gasteiger partial charge on any atom is 0.266 e. The summed E-state index contributed by atoms with van der Waals surface area (Å²) in [7, 11) is 1.63. The molecule has 25 heavy (non-hydrogen) atoms. The van der Waals surface area contributed by atoms with Crippen LogP contribution in [0, 0.1) is 0 Å². The van der Waals surface area contributed by atoms with Gasteiger partial charge < -0.3 is 9.80 Å². The number of nitrogens with zero attached hydrogens (tertiary/aromatic N) is 4. The van der Waals surface area contributed by atoms with Crippen molar-refractivity contribution >= 4 is 17.4 Å². The molecule has 2 aliphatic rings. The molecule has 0 N–H and O–H groups in total. The molecule has 2 aromatic rings. The smallest absolute Gasteiger partial charge is 0.266 e. The van der Waals surface area contributed by atoms with Gasteiger partial charge in [-0.1, -0.05) is 18.2 Å². The summed E-state index contributed by atoms with van der Waals surface area (Å²) in [6.07, 6.45) is 4.02. The van der Waals surface area contributed by atoms with E-state index in [4.69, 9.17) is 0 Å². The van der Waals surface area contributed by atoms with Gasteiger partial charge in [0.1, 0.15) is 6.04 Å². The molecule has 2 aliphatic heterocycles. The number of piperidine rings is 1. The van der Waals surface area contributed by atoms with Crippen molar-refractivity contribution in [2.24, 2.45) is 7.05 Å². The molecule has 3 heterocycles. The molecular formula is C19H22N4O2. The topological polar surface area (TPSA) is 58.4 Å². The van der Waals surface area contributed by atoms with Crippen molar-refractivity contribution in [3.8, 4) is 0 Å². The first-order valence-electron chi connectivity index (χ1n) is 8.85. The van der Waals surface area contributed by atoms with Crippen LogP contribution >= 0.6 is 0 Å². The lowest BCUT2D eigenvalue weighted by Crippen LogP contribution is -2.48. The van der Waals surface area contributed by atoms with Crippen LogP contribution in [0.5, 0.6) is 0 Å². The molecule has 1 atom stereocenters. The van der Waals surface area contributed by atoms with Gasteiger partial charge >= 0.3 is 0 Å². The number of carbonyl (C=O) groups excluding carboxylic acids is 1. The number of benzene rings is 1. The standard InChI is InChI=1S/C19H22N4O2/c1-21-18(24)10-9-17(20-21)23-15-8-4-3-7-14(15)13-16(23)19(25)22-11-5-2-6-12-22/h3-4,7-10,16H,2,5-6,11-13H2,1H3/t16-/m0/s1. The minimum Gasteiger partial charge on any atom is -0.341 e. The van der Waals surface area contributed by atoms with Crippen molar-refractivity contribution in [3.05, 3.63) is 52.3 Å². The Labute approximate surface area is 146 Å². The summed E-state index contributed by atoms with van der Waals surface area (Å²) in [5.74, 6) is 0.800. The van der Waals surface area contributed by atoms with Crippen LogP contribution in [0.15, 0.2) is 41.2 Å². The Morgan fingerprint density at radius 2 is 1.84 bits per heavy atom. The molecule has 1 aromatic heterocycles. The molecule has 0 aliphatic carbocycles. The number of rotatable bonds is 2. The number of hydrogen-bond donors (Lipinski definition) is 0. The minimum atomic E-state index is -0.291. The van der Waals surface area contributed by atoms with Crippen LogP contribution in [-0.2, 0) is 18.3 Å². The highest BCUT2D eigenvalue weighted by Gasteiger charge is 2.38. The predicted octanol–water partition coefficient (Wildman–Crippen LogP) is 1.86. The van der Waals surface area contributed by atoms with Crippen LogP contribution < -0.4 is 10.5 Å². The van der Waals surface area contributed by atoms with Gasteiger partial charge in [0.15, 0.2) is 5.82 Å². The number of hydrogen-bond acceptors (Lipinski definition) is 4. The van der Waals surface area contributed by atoms with Crippen molar-refractivity contribution in [3.63, 3.8) is 0 Å². The highest BCUT2D eigenvalue weighted by Crippen LogP contribution is 2.37. The van der Waals surface area contributed by atoms with Gasteiger partial charge in [-0.15, -0.1) is 0 Å². The van der Waals surface area contributed by atoms with Gasteiger partial charge in [-0.2, -0.15) is 5.10 Å². The molecule has 130 valence electrons. The number of para-hydroxylation sites is 1. The van der Waals surface area contributed by atoms with E-state index >= 15 is 0 Å². The third kappa shape index (κ3) is 2.81. The van der Waals surface area contributed by atoms with Gasteiger partial charge in [0, 0.05) is 38.3 Å². The average Bonchev–Trinajstić information content (AvgIpc) is 3.03. The quantitative estimate of drug-likeness (QED) is 0.839. The fourth-order valence-corrected chi connectivity index (χ4v) is 3.81. The molecule has 4 rings (SSSR count). The van der Waals surface area contributed by atoms with Gasteiger partial charge in [0.25, 0.3) is 5.56 Å². The van der Waals surface area contributed by atoms with Crippen LogP contribution in [0.25, 0.3) is 0 Å². The van der Waals surface area contributed by atoms with E-state index < -0.39 is 0 Å². The van der Waals surface area contributed by atoms with Gasteiger partial charge in [-0.3, -0.25) is 9.59 Å². The van der Waals surface area contributed by atoms with Crippen LogP contribution in [0.3, 0.4) is 0 Å². The predicted molar refractivity (Wildman–Crippen MR) is 96.0 cm³/mol. The SMILES string of the molecule is Cn1nc(N2c3ccccc3C[C@H]2C(=O)N2CCCCC2)ccc1=O. The Morgan fingerprint density at radius 1 is 1.08 bits per heavy atom. The molecule has 1 amide bonds. The number of fused-ring (bicyclic) bond motifs is 1. The van der Waals surface area contributed by atoms with Crippen molar-refractivity contribution in [1.82, 2.24) is 14.7 Å². The first-order valence-corrected chi connectivity index (χ1v) is 8.85. The summed E-state index contributed by atoms with van der Waals surface area (Å²) in [4.78, 5) is 28.9. The van der Waals surface area contributed by atoms with E-state index in [0.29, 0.717) is 12.2 Å². The second-order valence-electron chi connectivity index (χ2n) is 6.76. The second-order valence-corrected chi connectivity index (χ2v) is 6.76. The van der Waals surface area contributed by atoms with Crippen molar-refractivity contribution < 1.29 is 4.79 Å². The first kappa shape index (κ1) is 15.9. The first-order chi connectivity index (χ1) is 12.1. The Kier molecular flexibility index (Phi) is 4.03. The molecule has 0 radical (unpaired) electrons. The molecule has 6 heteroatoms. The average molecular weight is 338 g/mol. The zero-order valence-corrected chi connectivity index (χ0v) is 14.4. The lowest BCUT2D eigenvalue weighted by molar-refractivity contribution is -0.133. The van der Waals surface area contributed by atoms with E-state index in [2.05, 4.69) is 11.2 Å². The molecule has 0 saturated carbocycles. The third-order valence-electron chi connectivity index (χ3n) is 5.12. The van der Waals surface area contributed by atoms with Gasteiger partial charge in [-0.25, -0.2) is 4.68 Å². The fraction of sp³-hybridized carbons (Fsp3) is 0.421. The maximum atomic E-state index is 13.2. The van der Waals surface area contributed by atoms with E-state index in [0.717, 1.165) is 37.2 Å². The number of anilines is 2. The van der Waals surface area contributed by atoms with Crippen LogP contribution in [0.1, 0.15) is 24.8 Å². The highest BCUT2D eigenvalue weighted by molar-refractivity contribution is 5.91. The fourth-order valence-electron chi connectivity index (χ4n) is 3.81. The normalized spacial score (nSPS) is 19.8. The molecule has 1 aromatic carbocycles. The number of likely N-dealkylation sites (tertiary alicyclic amines) is 1. The summed E-state index contributed by atoms with van der Waals surface area (Å²) in [5, 5.41) is 4.39. The Hall–Kier alpha value is -2.63. The molecule has 6 nitrogen and oxygen atoms in total. The molecule has 0 unspecified atom stereocenters. The highest BCUT2D eigenvalue weighted by atomic mass is 16.2. The summed E-state index contributed by atoms with van der Waals surface area (Å²) < 4.78 is 1.32. The monoisotopic (exact) mass is 338 g/mol. The lowest BCUT2D eigenvalue weighted by atomic mass is 10.1. The van der Waals surface area contributed by atoms with Crippen molar-refractivity contribution in [1.29, 1.82) is 0 Å². The zero-order valence-electron chi connectivity index (χ0n) is 14.4. The molecule has 0 spiro atoms. The number of carbonyl (C=O) groups is 1. The Morgan fingerprint density at radius 3 is 2.60 bits per heavy atom.